The first-order chi connectivity index (χ1) is 11.6. The average Bonchev–Trinajstić information content (AvgIpc) is 2.59. The molecule has 0 spiro atoms. The lowest BCUT2D eigenvalue weighted by Gasteiger charge is -2.26. The first-order valence-electron chi connectivity index (χ1n) is 9.04. The van der Waals surface area contributed by atoms with Gasteiger partial charge in [0.1, 0.15) is 0 Å². The van der Waals surface area contributed by atoms with E-state index in [2.05, 4.69) is 64.6 Å². The van der Waals surface area contributed by atoms with Crippen molar-refractivity contribution in [2.75, 3.05) is 52.2 Å². The predicted octanol–water partition coefficient (Wildman–Crippen LogP) is 2.83. The monoisotopic (exact) mass is 459 g/mol. The molecule has 1 saturated heterocycles. The molecule has 1 aliphatic rings. The minimum atomic E-state index is 0. The normalized spacial score (nSPS) is 15.4. The number of halogens is 1. The number of hydrogen-bond acceptors (Lipinski definition) is 3. The number of rotatable bonds is 6. The van der Waals surface area contributed by atoms with Crippen molar-refractivity contribution >= 4 is 35.6 Å². The Labute approximate surface area is 170 Å². The Hall–Kier alpha value is -1.02. The van der Waals surface area contributed by atoms with Crippen LogP contribution in [-0.4, -0.2) is 58.2 Å². The summed E-state index contributed by atoms with van der Waals surface area (Å²) in [4.78, 5) is 8.99. The predicted molar refractivity (Wildman–Crippen MR) is 119 cm³/mol. The molecule has 1 aromatic carbocycles. The second-order valence-electron chi connectivity index (χ2n) is 6.76. The van der Waals surface area contributed by atoms with Crippen molar-refractivity contribution < 1.29 is 0 Å². The zero-order chi connectivity index (χ0) is 17.4. The van der Waals surface area contributed by atoms with Gasteiger partial charge < -0.3 is 20.4 Å². The lowest BCUT2D eigenvalue weighted by Crippen LogP contribution is -2.42. The lowest BCUT2D eigenvalue weighted by atomic mass is 10.1. The fourth-order valence-corrected chi connectivity index (χ4v) is 3.07. The summed E-state index contributed by atoms with van der Waals surface area (Å²) in [5.74, 6) is 0.878. The van der Waals surface area contributed by atoms with Crippen LogP contribution in [-0.2, 0) is 6.54 Å². The summed E-state index contributed by atoms with van der Waals surface area (Å²) in [7, 11) is 5.97. The maximum absolute atomic E-state index is 4.33. The molecule has 0 unspecified atom stereocenters. The maximum Gasteiger partial charge on any atom is 0.191 e. The van der Waals surface area contributed by atoms with Crippen LogP contribution in [0.3, 0.4) is 0 Å². The van der Waals surface area contributed by atoms with Gasteiger partial charge in [-0.05, 0) is 56.1 Å². The van der Waals surface area contributed by atoms with Crippen LogP contribution in [0.2, 0.25) is 0 Å². The zero-order valence-electron chi connectivity index (χ0n) is 16.1. The highest BCUT2D eigenvalue weighted by atomic mass is 127. The van der Waals surface area contributed by atoms with Gasteiger partial charge in [0.25, 0.3) is 0 Å². The summed E-state index contributed by atoms with van der Waals surface area (Å²) in [5, 5.41) is 6.84. The molecule has 6 heteroatoms. The zero-order valence-corrected chi connectivity index (χ0v) is 18.5. The second kappa shape index (κ2) is 11.6. The third-order valence-electron chi connectivity index (χ3n) is 4.68. The Morgan fingerprint density at radius 1 is 1.16 bits per heavy atom. The minimum Gasteiger partial charge on any atom is -0.378 e. The van der Waals surface area contributed by atoms with Crippen LogP contribution in [0.5, 0.6) is 0 Å². The van der Waals surface area contributed by atoms with Gasteiger partial charge in [0, 0.05) is 46.5 Å². The van der Waals surface area contributed by atoms with Crippen LogP contribution < -0.4 is 15.5 Å². The molecule has 1 aliphatic heterocycles. The van der Waals surface area contributed by atoms with Gasteiger partial charge in [-0.2, -0.15) is 0 Å². The van der Waals surface area contributed by atoms with Crippen LogP contribution >= 0.6 is 24.0 Å². The fraction of sp³-hybridized carbons (Fsp3) is 0.632. The number of nitrogens with one attached hydrogen (secondary N) is 2. The van der Waals surface area contributed by atoms with Crippen molar-refractivity contribution in [2.24, 2.45) is 4.99 Å². The standard InChI is InChI=1S/C19H33N5.HI/c1-16-14-18(23(3)4)9-8-17(16)15-22-19(20-2)21-10-13-24-11-6-5-7-12-24;/h8-9,14H,5-7,10-13,15H2,1-4H3,(H2,20,21,22);1H. The summed E-state index contributed by atoms with van der Waals surface area (Å²) >= 11 is 0. The maximum atomic E-state index is 4.33. The fourth-order valence-electron chi connectivity index (χ4n) is 3.07. The van der Waals surface area contributed by atoms with E-state index in [1.807, 2.05) is 7.05 Å². The van der Waals surface area contributed by atoms with E-state index < -0.39 is 0 Å². The summed E-state index contributed by atoms with van der Waals surface area (Å²) < 4.78 is 0. The van der Waals surface area contributed by atoms with E-state index in [-0.39, 0.29) is 24.0 Å². The highest BCUT2D eigenvalue weighted by molar-refractivity contribution is 14.0. The molecule has 0 saturated carbocycles. The van der Waals surface area contributed by atoms with E-state index in [1.54, 1.807) is 0 Å². The summed E-state index contributed by atoms with van der Waals surface area (Å²) in [6.45, 7) is 7.48. The van der Waals surface area contributed by atoms with Gasteiger partial charge in [0.15, 0.2) is 5.96 Å². The molecule has 0 amide bonds. The van der Waals surface area contributed by atoms with Gasteiger partial charge >= 0.3 is 0 Å². The van der Waals surface area contributed by atoms with Crippen LogP contribution in [0.15, 0.2) is 23.2 Å². The van der Waals surface area contributed by atoms with Gasteiger partial charge in [0.2, 0.25) is 0 Å². The van der Waals surface area contributed by atoms with Gasteiger partial charge in [-0.3, -0.25) is 4.99 Å². The van der Waals surface area contributed by atoms with Gasteiger partial charge in [0.05, 0.1) is 0 Å². The Balaban J connectivity index is 0.00000312. The minimum absolute atomic E-state index is 0. The molecule has 1 aromatic rings. The van der Waals surface area contributed by atoms with E-state index in [4.69, 9.17) is 0 Å². The first kappa shape index (κ1) is 22.0. The van der Waals surface area contributed by atoms with Crippen molar-refractivity contribution in [1.82, 2.24) is 15.5 Å². The molecule has 0 atom stereocenters. The molecular weight excluding hydrogens is 425 g/mol. The molecule has 0 radical (unpaired) electrons. The molecule has 0 aromatic heterocycles. The van der Waals surface area contributed by atoms with Crippen molar-refractivity contribution in [2.45, 2.75) is 32.7 Å². The van der Waals surface area contributed by atoms with Gasteiger partial charge in [-0.15, -0.1) is 24.0 Å². The number of benzene rings is 1. The molecule has 5 nitrogen and oxygen atoms in total. The van der Waals surface area contributed by atoms with E-state index in [0.29, 0.717) is 0 Å². The number of aryl methyl sites for hydroxylation is 1. The molecule has 0 bridgehead atoms. The molecule has 25 heavy (non-hydrogen) atoms. The van der Waals surface area contributed by atoms with E-state index in [1.165, 1.54) is 49.2 Å². The smallest absolute Gasteiger partial charge is 0.191 e. The van der Waals surface area contributed by atoms with Crippen LogP contribution in [0, 0.1) is 6.92 Å². The van der Waals surface area contributed by atoms with Crippen molar-refractivity contribution in [3.63, 3.8) is 0 Å². The van der Waals surface area contributed by atoms with E-state index >= 15 is 0 Å². The summed E-state index contributed by atoms with van der Waals surface area (Å²) in [6, 6.07) is 6.58. The number of guanidine groups is 1. The molecule has 1 fully saturated rings. The number of likely N-dealkylation sites (tertiary alicyclic amines) is 1. The largest absolute Gasteiger partial charge is 0.378 e. The van der Waals surface area contributed by atoms with Gasteiger partial charge in [-0.25, -0.2) is 0 Å². The highest BCUT2D eigenvalue weighted by Gasteiger charge is 2.09. The SMILES string of the molecule is CN=C(NCCN1CCCCC1)NCc1ccc(N(C)C)cc1C.I. The number of aliphatic imine (C=N–C) groups is 1. The molecule has 2 rings (SSSR count). The number of anilines is 1. The number of nitrogens with zero attached hydrogens (tertiary/aromatic N) is 3. The summed E-state index contributed by atoms with van der Waals surface area (Å²) in [6.07, 6.45) is 4.07. The quantitative estimate of drug-likeness (QED) is 0.390. The van der Waals surface area contributed by atoms with Crippen LogP contribution in [0.25, 0.3) is 0 Å². The van der Waals surface area contributed by atoms with Crippen LogP contribution in [0.1, 0.15) is 30.4 Å². The first-order valence-corrected chi connectivity index (χ1v) is 9.04. The Kier molecular flexibility index (Phi) is 10.2. The van der Waals surface area contributed by atoms with E-state index in [9.17, 15) is 0 Å². The second-order valence-corrected chi connectivity index (χ2v) is 6.76. The van der Waals surface area contributed by atoms with Crippen molar-refractivity contribution in [3.8, 4) is 0 Å². The van der Waals surface area contributed by atoms with Gasteiger partial charge in [-0.1, -0.05) is 12.5 Å². The number of piperidine rings is 1. The Morgan fingerprint density at radius 2 is 1.88 bits per heavy atom. The third-order valence-corrected chi connectivity index (χ3v) is 4.68. The third kappa shape index (κ3) is 7.40. The molecule has 0 aliphatic carbocycles. The summed E-state index contributed by atoms with van der Waals surface area (Å²) in [5.41, 5.74) is 3.84. The topological polar surface area (TPSA) is 42.9 Å². The highest BCUT2D eigenvalue weighted by Crippen LogP contribution is 2.17. The Morgan fingerprint density at radius 3 is 2.48 bits per heavy atom. The van der Waals surface area contributed by atoms with Crippen molar-refractivity contribution in [3.05, 3.63) is 29.3 Å². The van der Waals surface area contributed by atoms with E-state index in [0.717, 1.165) is 25.6 Å². The Bertz CT molecular complexity index is 539. The molecular formula is C19H34IN5. The molecule has 1 heterocycles. The lowest BCUT2D eigenvalue weighted by molar-refractivity contribution is 0.232. The van der Waals surface area contributed by atoms with Crippen LogP contribution in [0.4, 0.5) is 5.69 Å². The molecule has 142 valence electrons. The average molecular weight is 459 g/mol. The number of hydrogen-bond donors (Lipinski definition) is 2. The van der Waals surface area contributed by atoms with Crippen molar-refractivity contribution in [1.29, 1.82) is 0 Å². The molecule has 2 N–H and O–H groups in total.